The normalized spacial score (nSPS) is 25.5. The molecular weight excluding hydrogens is 488 g/mol. The molecular formula is C33H36N2O4. The predicted molar refractivity (Wildman–Crippen MR) is 152 cm³/mol. The van der Waals surface area contributed by atoms with Crippen molar-refractivity contribution in [3.63, 3.8) is 0 Å². The van der Waals surface area contributed by atoms with Gasteiger partial charge in [-0.3, -0.25) is 4.79 Å². The van der Waals surface area contributed by atoms with E-state index >= 15 is 0 Å². The van der Waals surface area contributed by atoms with Crippen LogP contribution >= 0.6 is 0 Å². The van der Waals surface area contributed by atoms with E-state index in [-0.39, 0.29) is 28.9 Å². The number of hydrogen-bond acceptors (Lipinski definition) is 5. The van der Waals surface area contributed by atoms with Gasteiger partial charge in [0.25, 0.3) is 5.91 Å². The number of benzene rings is 3. The number of piperidine rings is 1. The molecule has 1 heterocycles. The second-order valence-electron chi connectivity index (χ2n) is 11.3. The summed E-state index contributed by atoms with van der Waals surface area (Å²) in [6.07, 6.45) is 7.78. The highest BCUT2D eigenvalue weighted by atomic mass is 16.5. The average Bonchev–Trinajstić information content (AvgIpc) is 2.95. The van der Waals surface area contributed by atoms with Gasteiger partial charge in [0.1, 0.15) is 11.5 Å². The van der Waals surface area contributed by atoms with Crippen LogP contribution in [0.3, 0.4) is 0 Å². The Labute approximate surface area is 229 Å². The van der Waals surface area contributed by atoms with E-state index in [1.165, 1.54) is 0 Å². The van der Waals surface area contributed by atoms with Gasteiger partial charge in [-0.25, -0.2) is 0 Å². The zero-order valence-electron chi connectivity index (χ0n) is 22.6. The zero-order chi connectivity index (χ0) is 27.1. The number of carbonyl (C=O) groups excluding carboxylic acids is 1. The van der Waals surface area contributed by atoms with Crippen molar-refractivity contribution >= 4 is 5.91 Å². The zero-order valence-corrected chi connectivity index (χ0v) is 22.6. The summed E-state index contributed by atoms with van der Waals surface area (Å²) in [6.45, 7) is 1.44. The largest absolute Gasteiger partial charge is 0.508 e. The van der Waals surface area contributed by atoms with E-state index in [0.29, 0.717) is 30.5 Å². The third-order valence-electron chi connectivity index (χ3n) is 9.22. The summed E-state index contributed by atoms with van der Waals surface area (Å²) >= 11 is 0. The molecule has 0 aromatic heterocycles. The van der Waals surface area contributed by atoms with E-state index < -0.39 is 0 Å². The number of aromatic hydroxyl groups is 2. The fourth-order valence-corrected chi connectivity index (χ4v) is 7.11. The van der Waals surface area contributed by atoms with Gasteiger partial charge in [0, 0.05) is 36.6 Å². The summed E-state index contributed by atoms with van der Waals surface area (Å²) in [4.78, 5) is 15.7. The summed E-state index contributed by atoms with van der Waals surface area (Å²) in [5, 5.41) is 24.1. The lowest BCUT2D eigenvalue weighted by molar-refractivity contribution is 0.00776. The number of amides is 1. The maximum atomic E-state index is 13.3. The van der Waals surface area contributed by atoms with Crippen LogP contribution in [0, 0.1) is 5.92 Å². The molecule has 3 aliphatic rings. The minimum Gasteiger partial charge on any atom is -0.508 e. The summed E-state index contributed by atoms with van der Waals surface area (Å²) in [5.41, 5.74) is 5.47. The van der Waals surface area contributed by atoms with E-state index in [0.717, 1.165) is 53.6 Å². The fourth-order valence-electron chi connectivity index (χ4n) is 7.11. The van der Waals surface area contributed by atoms with Crippen LogP contribution in [0.4, 0.5) is 0 Å². The SMILES string of the molecule is COC1C=CC2C3Cc4ccc(C(=O)NCCc5ccc(-c6ccc(O)cc6)cc5)c(O)c4C2(CCN3C)C1. The molecule has 202 valence electrons. The Bertz CT molecular complexity index is 1400. The molecule has 1 fully saturated rings. The molecule has 1 aliphatic heterocycles. The monoisotopic (exact) mass is 524 g/mol. The lowest BCUT2D eigenvalue weighted by atomic mass is 9.53. The Morgan fingerprint density at radius 1 is 1.03 bits per heavy atom. The third-order valence-corrected chi connectivity index (χ3v) is 9.22. The van der Waals surface area contributed by atoms with Crippen LogP contribution in [0.5, 0.6) is 11.5 Å². The first-order valence-electron chi connectivity index (χ1n) is 13.8. The third kappa shape index (κ3) is 4.52. The molecule has 6 rings (SSSR count). The van der Waals surface area contributed by atoms with E-state index in [9.17, 15) is 15.0 Å². The fraction of sp³-hybridized carbons (Fsp3) is 0.364. The number of hydrogen-bond donors (Lipinski definition) is 3. The summed E-state index contributed by atoms with van der Waals surface area (Å²) in [7, 11) is 3.94. The minimum absolute atomic E-state index is 0.00793. The minimum atomic E-state index is -0.242. The van der Waals surface area contributed by atoms with Gasteiger partial charge in [0.15, 0.2) is 0 Å². The number of fused-ring (bicyclic) bond motifs is 1. The molecule has 39 heavy (non-hydrogen) atoms. The molecule has 2 bridgehead atoms. The molecule has 3 N–H and O–H groups in total. The molecule has 3 aromatic rings. The van der Waals surface area contributed by atoms with Crippen molar-refractivity contribution in [3.05, 3.63) is 95.1 Å². The molecule has 3 aromatic carbocycles. The number of phenols is 2. The smallest absolute Gasteiger partial charge is 0.255 e. The summed E-state index contributed by atoms with van der Waals surface area (Å²) in [5.74, 6) is 0.444. The second kappa shape index (κ2) is 10.2. The van der Waals surface area contributed by atoms with Gasteiger partial charge in [-0.2, -0.15) is 0 Å². The Hall–Kier alpha value is -3.61. The van der Waals surface area contributed by atoms with Crippen LogP contribution in [-0.2, 0) is 23.0 Å². The number of nitrogens with zero attached hydrogens (tertiary/aromatic N) is 1. The highest BCUT2D eigenvalue weighted by molar-refractivity contribution is 5.97. The van der Waals surface area contributed by atoms with E-state index in [1.54, 1.807) is 25.3 Å². The van der Waals surface area contributed by atoms with Crippen LogP contribution < -0.4 is 5.32 Å². The Morgan fingerprint density at radius 3 is 2.46 bits per heavy atom. The van der Waals surface area contributed by atoms with Gasteiger partial charge in [-0.15, -0.1) is 0 Å². The van der Waals surface area contributed by atoms with E-state index in [4.69, 9.17) is 4.74 Å². The number of likely N-dealkylation sites (N-methyl/N-ethyl adjacent to an activating group) is 1. The maximum Gasteiger partial charge on any atom is 0.255 e. The lowest BCUT2D eigenvalue weighted by Crippen LogP contribution is -2.60. The number of carbonyl (C=O) groups is 1. The van der Waals surface area contributed by atoms with Crippen LogP contribution in [-0.4, -0.2) is 60.4 Å². The highest BCUT2D eigenvalue weighted by Gasteiger charge is 2.55. The first-order chi connectivity index (χ1) is 18.9. The second-order valence-corrected chi connectivity index (χ2v) is 11.3. The van der Waals surface area contributed by atoms with Crippen LogP contribution in [0.25, 0.3) is 11.1 Å². The number of rotatable bonds is 6. The van der Waals surface area contributed by atoms with Crippen LogP contribution in [0.15, 0.2) is 72.8 Å². The van der Waals surface area contributed by atoms with Crippen molar-refractivity contribution in [2.75, 3.05) is 27.2 Å². The van der Waals surface area contributed by atoms with Crippen molar-refractivity contribution in [1.82, 2.24) is 10.2 Å². The Balaban J connectivity index is 1.18. The van der Waals surface area contributed by atoms with Gasteiger partial charge in [0.05, 0.1) is 11.7 Å². The topological polar surface area (TPSA) is 82.0 Å². The van der Waals surface area contributed by atoms with Crippen molar-refractivity contribution < 1.29 is 19.7 Å². The molecule has 1 amide bonds. The number of methoxy groups -OCH3 is 1. The molecule has 0 radical (unpaired) electrons. The molecule has 4 unspecified atom stereocenters. The molecule has 0 spiro atoms. The van der Waals surface area contributed by atoms with Crippen molar-refractivity contribution in [1.29, 1.82) is 0 Å². The van der Waals surface area contributed by atoms with Gasteiger partial charge in [-0.1, -0.05) is 54.6 Å². The average molecular weight is 525 g/mol. The quantitative estimate of drug-likeness (QED) is 0.403. The van der Waals surface area contributed by atoms with E-state index in [1.807, 2.05) is 12.1 Å². The van der Waals surface area contributed by atoms with Gasteiger partial charge in [0.2, 0.25) is 0 Å². The summed E-state index contributed by atoms with van der Waals surface area (Å²) in [6, 6.07) is 19.6. The number of ether oxygens (including phenoxy) is 1. The molecule has 6 heteroatoms. The Morgan fingerprint density at radius 2 is 1.74 bits per heavy atom. The van der Waals surface area contributed by atoms with Crippen molar-refractivity contribution in [2.45, 2.75) is 43.2 Å². The van der Waals surface area contributed by atoms with E-state index in [2.05, 4.69) is 59.7 Å². The van der Waals surface area contributed by atoms with Crippen molar-refractivity contribution in [2.24, 2.45) is 5.92 Å². The highest BCUT2D eigenvalue weighted by Crippen LogP contribution is 2.56. The van der Waals surface area contributed by atoms with Gasteiger partial charge >= 0.3 is 0 Å². The predicted octanol–water partition coefficient (Wildman–Crippen LogP) is 4.83. The van der Waals surface area contributed by atoms with Gasteiger partial charge in [-0.05, 0) is 79.7 Å². The number of likely N-dealkylation sites (tertiary alicyclic amines) is 1. The first-order valence-corrected chi connectivity index (χ1v) is 13.8. The molecule has 2 aliphatic carbocycles. The lowest BCUT2D eigenvalue weighted by Gasteiger charge is -2.57. The van der Waals surface area contributed by atoms with Gasteiger partial charge < -0.3 is 25.2 Å². The van der Waals surface area contributed by atoms with Crippen LogP contribution in [0.2, 0.25) is 0 Å². The molecule has 0 saturated carbocycles. The molecule has 1 saturated heterocycles. The number of nitrogens with one attached hydrogen (secondary N) is 1. The molecule has 4 atom stereocenters. The van der Waals surface area contributed by atoms with Crippen LogP contribution in [0.1, 0.15) is 39.9 Å². The standard InChI is InChI=1S/C33H36N2O4/c1-35-18-16-33-20-26(39-2)12-14-28(33)29(35)19-24-9-13-27(31(37)30(24)33)32(38)34-17-15-21-3-5-22(6-4-21)23-7-10-25(36)11-8-23/h3-14,26,28-29,36-37H,15-20H2,1-2H3,(H,34,38). The molecule has 6 nitrogen and oxygen atoms in total. The summed E-state index contributed by atoms with van der Waals surface area (Å²) < 4.78 is 5.75. The maximum absolute atomic E-state index is 13.3. The first kappa shape index (κ1) is 25.7. The Kier molecular flexibility index (Phi) is 6.69. The van der Waals surface area contributed by atoms with Crippen molar-refractivity contribution in [3.8, 4) is 22.6 Å². The number of phenolic OH excluding ortho intramolecular Hbond substituents is 2.